The van der Waals surface area contributed by atoms with E-state index in [-0.39, 0.29) is 17.1 Å². The zero-order valence-corrected chi connectivity index (χ0v) is 12.2. The van der Waals surface area contributed by atoms with Crippen LogP contribution in [-0.4, -0.2) is 18.2 Å². The normalized spacial score (nSPS) is 11.2. The molecule has 3 heteroatoms. The zero-order valence-electron chi connectivity index (χ0n) is 12.2. The summed E-state index contributed by atoms with van der Waals surface area (Å²) in [6.07, 6.45) is 0.790. The number of carbonyl (C=O) groups excluding carboxylic acids is 2. The third kappa shape index (κ3) is 5.25. The number of hydrogen-bond donors (Lipinski definition) is 1. The molecular formula is C16H23NO2. The molecule has 19 heavy (non-hydrogen) atoms. The van der Waals surface area contributed by atoms with Crippen molar-refractivity contribution in [1.82, 2.24) is 5.32 Å². The lowest BCUT2D eigenvalue weighted by Gasteiger charge is -2.16. The summed E-state index contributed by atoms with van der Waals surface area (Å²) in [5.41, 5.74) is 1.60. The van der Waals surface area contributed by atoms with Gasteiger partial charge in [0.25, 0.3) is 0 Å². The van der Waals surface area contributed by atoms with Gasteiger partial charge >= 0.3 is 0 Å². The number of amides is 1. The van der Waals surface area contributed by atoms with Gasteiger partial charge in [0, 0.05) is 18.4 Å². The number of nitrogens with one attached hydrogen (secondary N) is 1. The van der Waals surface area contributed by atoms with E-state index in [1.165, 1.54) is 0 Å². The predicted octanol–water partition coefficient (Wildman–Crippen LogP) is 2.52. The van der Waals surface area contributed by atoms with E-state index in [9.17, 15) is 9.59 Å². The Balaban J connectivity index is 2.72. The van der Waals surface area contributed by atoms with Crippen molar-refractivity contribution in [3.05, 3.63) is 35.4 Å². The molecule has 1 aromatic rings. The van der Waals surface area contributed by atoms with Gasteiger partial charge in [0.1, 0.15) is 5.78 Å². The molecular weight excluding hydrogens is 238 g/mol. The summed E-state index contributed by atoms with van der Waals surface area (Å²) in [5, 5.41) is 2.77. The van der Waals surface area contributed by atoms with E-state index in [0.29, 0.717) is 19.4 Å². The topological polar surface area (TPSA) is 46.2 Å². The Morgan fingerprint density at radius 2 is 1.68 bits per heavy atom. The van der Waals surface area contributed by atoms with Crippen molar-refractivity contribution in [3.63, 3.8) is 0 Å². The molecule has 0 aromatic heterocycles. The molecule has 0 aliphatic rings. The molecule has 0 atom stereocenters. The van der Waals surface area contributed by atoms with Crippen molar-refractivity contribution in [3.8, 4) is 0 Å². The largest absolute Gasteiger partial charge is 0.356 e. The maximum absolute atomic E-state index is 12.0. The summed E-state index contributed by atoms with van der Waals surface area (Å²) in [5.74, 6) is 0.226. The minimum absolute atomic E-state index is 0.0156. The van der Waals surface area contributed by atoms with Crippen LogP contribution >= 0.6 is 0 Å². The number of likely N-dealkylation sites (N-methyl/N-ethyl adjacent to an activating group) is 1. The van der Waals surface area contributed by atoms with Crippen molar-refractivity contribution < 1.29 is 9.59 Å². The minimum atomic E-state index is -0.324. The van der Waals surface area contributed by atoms with Gasteiger partial charge in [-0.2, -0.15) is 0 Å². The van der Waals surface area contributed by atoms with Crippen molar-refractivity contribution in [1.29, 1.82) is 0 Å². The van der Waals surface area contributed by atoms with Crippen LogP contribution in [0.4, 0.5) is 0 Å². The van der Waals surface area contributed by atoms with Gasteiger partial charge in [0.05, 0.1) is 6.42 Å². The number of Topliss-reactive ketones (excluding diaryl/α,β-unsaturated/α-hetero) is 1. The highest BCUT2D eigenvalue weighted by molar-refractivity contribution is 5.85. The lowest BCUT2D eigenvalue weighted by molar-refractivity contribution is -0.125. The summed E-state index contributed by atoms with van der Waals surface area (Å²) in [6, 6.07) is 7.70. The molecule has 0 bridgehead atoms. The van der Waals surface area contributed by atoms with Gasteiger partial charge in [0.15, 0.2) is 0 Å². The van der Waals surface area contributed by atoms with E-state index in [4.69, 9.17) is 0 Å². The van der Waals surface area contributed by atoms with E-state index in [0.717, 1.165) is 11.1 Å². The maximum Gasteiger partial charge on any atom is 0.224 e. The Kier molecular flexibility index (Phi) is 5.28. The van der Waals surface area contributed by atoms with Crippen LogP contribution < -0.4 is 5.32 Å². The van der Waals surface area contributed by atoms with E-state index < -0.39 is 0 Å². The smallest absolute Gasteiger partial charge is 0.224 e. The number of rotatable bonds is 5. The average molecular weight is 261 g/mol. The van der Waals surface area contributed by atoms with E-state index in [1.807, 2.05) is 52.0 Å². The van der Waals surface area contributed by atoms with Gasteiger partial charge < -0.3 is 5.32 Å². The first-order chi connectivity index (χ1) is 8.82. The third-order valence-corrected chi connectivity index (χ3v) is 2.93. The lowest BCUT2D eigenvalue weighted by atomic mass is 9.87. The molecule has 0 saturated heterocycles. The Hall–Kier alpha value is -1.64. The van der Waals surface area contributed by atoms with Crippen LogP contribution in [0.1, 0.15) is 38.8 Å². The van der Waals surface area contributed by atoms with Crippen LogP contribution in [-0.2, 0) is 22.4 Å². The molecule has 104 valence electrons. The van der Waals surface area contributed by atoms with E-state index in [1.54, 1.807) is 0 Å². The number of ketones is 1. The second-order valence-corrected chi connectivity index (χ2v) is 5.80. The summed E-state index contributed by atoms with van der Waals surface area (Å²) in [6.45, 7) is 8.31. The molecule has 3 nitrogen and oxygen atoms in total. The van der Waals surface area contributed by atoms with Gasteiger partial charge in [-0.1, -0.05) is 45.0 Å². The molecule has 1 amide bonds. The standard InChI is InChI=1S/C16H23NO2/c1-5-17-15(19)11-13-8-6-7-12(9-13)10-14(18)16(2,3)4/h6-9H,5,10-11H2,1-4H3,(H,17,19). The minimum Gasteiger partial charge on any atom is -0.356 e. The van der Waals surface area contributed by atoms with Crippen LogP contribution in [0.2, 0.25) is 0 Å². The molecule has 0 heterocycles. The van der Waals surface area contributed by atoms with Crippen LogP contribution in [0.15, 0.2) is 24.3 Å². The first-order valence-corrected chi connectivity index (χ1v) is 6.70. The molecule has 0 saturated carbocycles. The Bertz CT molecular complexity index is 458. The second kappa shape index (κ2) is 6.50. The van der Waals surface area contributed by atoms with Gasteiger partial charge in [-0.05, 0) is 18.1 Å². The van der Waals surface area contributed by atoms with Crippen LogP contribution in [0.5, 0.6) is 0 Å². The molecule has 1 aromatic carbocycles. The molecule has 0 unspecified atom stereocenters. The summed E-state index contributed by atoms with van der Waals surface area (Å²) in [4.78, 5) is 23.5. The predicted molar refractivity (Wildman–Crippen MR) is 77.0 cm³/mol. The Morgan fingerprint density at radius 1 is 1.11 bits per heavy atom. The van der Waals surface area contributed by atoms with Crippen molar-refractivity contribution in [2.75, 3.05) is 6.54 Å². The zero-order chi connectivity index (χ0) is 14.5. The maximum atomic E-state index is 12.0. The quantitative estimate of drug-likeness (QED) is 0.885. The molecule has 0 fully saturated rings. The van der Waals surface area contributed by atoms with Gasteiger partial charge in [-0.25, -0.2) is 0 Å². The fourth-order valence-corrected chi connectivity index (χ4v) is 1.75. The first kappa shape index (κ1) is 15.4. The highest BCUT2D eigenvalue weighted by Crippen LogP contribution is 2.18. The molecule has 1 rings (SSSR count). The first-order valence-electron chi connectivity index (χ1n) is 6.70. The summed E-state index contributed by atoms with van der Waals surface area (Å²) >= 11 is 0. The SMILES string of the molecule is CCNC(=O)Cc1cccc(CC(=O)C(C)(C)C)c1. The third-order valence-electron chi connectivity index (χ3n) is 2.93. The summed E-state index contributed by atoms with van der Waals surface area (Å²) in [7, 11) is 0. The van der Waals surface area contributed by atoms with Crippen LogP contribution in [0.25, 0.3) is 0 Å². The molecule has 0 aliphatic carbocycles. The van der Waals surface area contributed by atoms with Crippen molar-refractivity contribution in [2.24, 2.45) is 5.41 Å². The number of carbonyl (C=O) groups is 2. The van der Waals surface area contributed by atoms with Crippen molar-refractivity contribution >= 4 is 11.7 Å². The highest BCUT2D eigenvalue weighted by atomic mass is 16.1. The Labute approximate surface area is 115 Å². The van der Waals surface area contributed by atoms with Gasteiger partial charge in [0.2, 0.25) is 5.91 Å². The van der Waals surface area contributed by atoms with Gasteiger partial charge in [-0.3, -0.25) is 9.59 Å². The fourth-order valence-electron chi connectivity index (χ4n) is 1.75. The van der Waals surface area contributed by atoms with Crippen LogP contribution in [0.3, 0.4) is 0 Å². The van der Waals surface area contributed by atoms with Crippen LogP contribution in [0, 0.1) is 5.41 Å². The van der Waals surface area contributed by atoms with Crippen molar-refractivity contribution in [2.45, 2.75) is 40.5 Å². The highest BCUT2D eigenvalue weighted by Gasteiger charge is 2.21. The molecule has 0 radical (unpaired) electrons. The lowest BCUT2D eigenvalue weighted by Crippen LogP contribution is -2.24. The average Bonchev–Trinajstić information content (AvgIpc) is 2.28. The summed E-state index contributed by atoms with van der Waals surface area (Å²) < 4.78 is 0. The molecule has 1 N–H and O–H groups in total. The monoisotopic (exact) mass is 261 g/mol. The number of hydrogen-bond acceptors (Lipinski definition) is 2. The number of benzene rings is 1. The molecule has 0 spiro atoms. The fraction of sp³-hybridized carbons (Fsp3) is 0.500. The van der Waals surface area contributed by atoms with E-state index in [2.05, 4.69) is 5.32 Å². The Morgan fingerprint density at radius 3 is 2.21 bits per heavy atom. The molecule has 0 aliphatic heterocycles. The van der Waals surface area contributed by atoms with Gasteiger partial charge in [-0.15, -0.1) is 0 Å². The van der Waals surface area contributed by atoms with E-state index >= 15 is 0 Å². The second-order valence-electron chi connectivity index (χ2n) is 5.80.